The van der Waals surface area contributed by atoms with Crippen LogP contribution in [0.4, 0.5) is 0 Å². The van der Waals surface area contributed by atoms with Crippen LogP contribution in [0.3, 0.4) is 0 Å². The minimum atomic E-state index is -0.579. The number of carbonyl (C=O) groups excluding carboxylic acids is 1. The van der Waals surface area contributed by atoms with Gasteiger partial charge in [-0.25, -0.2) is 0 Å². The van der Waals surface area contributed by atoms with Gasteiger partial charge in [0.2, 0.25) is 0 Å². The van der Waals surface area contributed by atoms with Crippen LogP contribution >= 0.6 is 11.6 Å². The zero-order valence-electron chi connectivity index (χ0n) is 11.4. The van der Waals surface area contributed by atoms with E-state index < -0.39 is 5.79 Å². The number of hydrogen-bond acceptors (Lipinski definition) is 4. The molecule has 110 valence electrons. The first kappa shape index (κ1) is 15.1. The Bertz CT molecular complexity index is 443. The Kier molecular flexibility index (Phi) is 5.23. The predicted molar refractivity (Wildman–Crippen MR) is 74.9 cm³/mol. The first-order chi connectivity index (χ1) is 9.57. The molecule has 1 heterocycles. The quantitative estimate of drug-likeness (QED) is 0.873. The predicted octanol–water partition coefficient (Wildman–Crippen LogP) is 1.99. The maximum atomic E-state index is 11.6. The van der Waals surface area contributed by atoms with Gasteiger partial charge in [0.1, 0.15) is 5.75 Å². The third kappa shape index (κ3) is 4.67. The number of halogens is 1. The molecule has 0 spiro atoms. The number of ether oxygens (including phenoxy) is 3. The van der Waals surface area contributed by atoms with Crippen LogP contribution in [0, 0.1) is 0 Å². The smallest absolute Gasteiger partial charge is 0.257 e. The largest absolute Gasteiger partial charge is 0.484 e. The summed E-state index contributed by atoms with van der Waals surface area (Å²) in [7, 11) is 0. The highest BCUT2D eigenvalue weighted by Crippen LogP contribution is 2.21. The average molecular weight is 300 g/mol. The molecule has 5 nitrogen and oxygen atoms in total. The van der Waals surface area contributed by atoms with Crippen LogP contribution in [-0.2, 0) is 14.3 Å². The van der Waals surface area contributed by atoms with Crippen molar-refractivity contribution in [2.45, 2.75) is 19.1 Å². The minimum absolute atomic E-state index is 0.0277. The van der Waals surface area contributed by atoms with Gasteiger partial charge in [-0.3, -0.25) is 4.79 Å². The van der Waals surface area contributed by atoms with Gasteiger partial charge in [0.05, 0.1) is 13.2 Å². The lowest BCUT2D eigenvalue weighted by atomic mass is 10.2. The Labute approximate surface area is 123 Å². The summed E-state index contributed by atoms with van der Waals surface area (Å²) in [4.78, 5) is 11.6. The van der Waals surface area contributed by atoms with Gasteiger partial charge in [-0.05, 0) is 31.2 Å². The third-order valence-electron chi connectivity index (χ3n) is 2.98. The van der Waals surface area contributed by atoms with Gasteiger partial charge in [-0.2, -0.15) is 0 Å². The van der Waals surface area contributed by atoms with E-state index in [0.29, 0.717) is 37.0 Å². The molecule has 0 bridgehead atoms. The van der Waals surface area contributed by atoms with Gasteiger partial charge in [0, 0.05) is 18.0 Å². The molecular weight excluding hydrogens is 282 g/mol. The highest BCUT2D eigenvalue weighted by Gasteiger charge is 2.30. The van der Waals surface area contributed by atoms with Crippen LogP contribution in [0.2, 0.25) is 5.02 Å². The zero-order chi connectivity index (χ0) is 14.4. The fraction of sp³-hybridized carbons (Fsp3) is 0.500. The van der Waals surface area contributed by atoms with Crippen molar-refractivity contribution in [2.75, 3.05) is 26.4 Å². The Morgan fingerprint density at radius 3 is 2.65 bits per heavy atom. The molecule has 0 aliphatic carbocycles. The van der Waals surface area contributed by atoms with Gasteiger partial charge in [-0.1, -0.05) is 11.6 Å². The maximum Gasteiger partial charge on any atom is 0.257 e. The summed E-state index contributed by atoms with van der Waals surface area (Å²) >= 11 is 5.76. The van der Waals surface area contributed by atoms with Crippen LogP contribution in [0.1, 0.15) is 13.3 Å². The van der Waals surface area contributed by atoms with Gasteiger partial charge in [0.15, 0.2) is 12.4 Å². The van der Waals surface area contributed by atoms with E-state index in [1.165, 1.54) is 0 Å². The Morgan fingerprint density at radius 1 is 1.35 bits per heavy atom. The number of hydrogen-bond donors (Lipinski definition) is 1. The highest BCUT2D eigenvalue weighted by molar-refractivity contribution is 6.30. The van der Waals surface area contributed by atoms with Crippen molar-refractivity contribution in [3.63, 3.8) is 0 Å². The summed E-state index contributed by atoms with van der Waals surface area (Å²) in [5.41, 5.74) is 0. The number of amides is 1. The van der Waals surface area contributed by atoms with Crippen molar-refractivity contribution in [2.24, 2.45) is 0 Å². The van der Waals surface area contributed by atoms with E-state index in [1.807, 2.05) is 6.92 Å². The molecule has 1 fully saturated rings. The number of rotatable bonds is 6. The summed E-state index contributed by atoms with van der Waals surface area (Å²) in [5.74, 6) is -0.148. The maximum absolute atomic E-state index is 11.6. The van der Waals surface area contributed by atoms with Gasteiger partial charge >= 0.3 is 0 Å². The third-order valence-corrected chi connectivity index (χ3v) is 3.23. The molecule has 1 aromatic rings. The van der Waals surface area contributed by atoms with E-state index in [4.69, 9.17) is 25.8 Å². The Balaban J connectivity index is 1.64. The van der Waals surface area contributed by atoms with Crippen molar-refractivity contribution in [1.82, 2.24) is 5.32 Å². The van der Waals surface area contributed by atoms with Crippen molar-refractivity contribution in [3.8, 4) is 5.75 Å². The lowest BCUT2D eigenvalue weighted by Gasteiger charge is -2.22. The minimum Gasteiger partial charge on any atom is -0.484 e. The van der Waals surface area contributed by atoms with Gasteiger partial charge in [-0.15, -0.1) is 0 Å². The van der Waals surface area contributed by atoms with E-state index >= 15 is 0 Å². The van der Waals surface area contributed by atoms with Crippen LogP contribution in [0.15, 0.2) is 24.3 Å². The van der Waals surface area contributed by atoms with E-state index in [9.17, 15) is 4.79 Å². The first-order valence-electron chi connectivity index (χ1n) is 6.50. The van der Waals surface area contributed by atoms with Gasteiger partial charge < -0.3 is 19.5 Å². The topological polar surface area (TPSA) is 56.8 Å². The Hall–Kier alpha value is -1.30. The average Bonchev–Trinajstić information content (AvgIpc) is 2.85. The number of carbonyl (C=O) groups is 1. The molecule has 1 saturated heterocycles. The van der Waals surface area contributed by atoms with Crippen LogP contribution in [0.25, 0.3) is 0 Å². The van der Waals surface area contributed by atoms with Crippen molar-refractivity contribution in [1.29, 1.82) is 0 Å². The molecule has 20 heavy (non-hydrogen) atoms. The molecule has 1 amide bonds. The summed E-state index contributed by atoms with van der Waals surface area (Å²) in [6.45, 7) is 3.53. The molecule has 1 aromatic carbocycles. The molecule has 0 atom stereocenters. The molecule has 0 aromatic heterocycles. The SMILES string of the molecule is CC1(CCNC(=O)COc2ccc(Cl)cc2)OCCO1. The molecule has 1 aliphatic rings. The van der Waals surface area contributed by atoms with Crippen LogP contribution in [0.5, 0.6) is 5.75 Å². The van der Waals surface area contributed by atoms with Crippen LogP contribution in [-0.4, -0.2) is 38.1 Å². The van der Waals surface area contributed by atoms with E-state index in [1.54, 1.807) is 24.3 Å². The lowest BCUT2D eigenvalue weighted by Crippen LogP contribution is -2.35. The number of nitrogens with one attached hydrogen (secondary N) is 1. The zero-order valence-corrected chi connectivity index (χ0v) is 12.1. The van der Waals surface area contributed by atoms with Crippen LogP contribution < -0.4 is 10.1 Å². The standard InChI is InChI=1S/C14H18ClNO4/c1-14(19-8-9-20-14)6-7-16-13(17)10-18-12-4-2-11(15)3-5-12/h2-5H,6-10H2,1H3,(H,16,17). The summed E-state index contributed by atoms with van der Waals surface area (Å²) in [5, 5.41) is 3.40. The Morgan fingerprint density at radius 2 is 2.00 bits per heavy atom. The molecule has 2 rings (SSSR count). The summed E-state index contributed by atoms with van der Waals surface area (Å²) in [6.07, 6.45) is 0.611. The normalized spacial score (nSPS) is 16.9. The first-order valence-corrected chi connectivity index (χ1v) is 6.88. The molecule has 6 heteroatoms. The monoisotopic (exact) mass is 299 g/mol. The summed E-state index contributed by atoms with van der Waals surface area (Å²) < 4.78 is 16.2. The second-order valence-electron chi connectivity index (χ2n) is 4.67. The van der Waals surface area contributed by atoms with E-state index in [-0.39, 0.29) is 12.5 Å². The fourth-order valence-electron chi connectivity index (χ4n) is 1.86. The summed E-state index contributed by atoms with van der Waals surface area (Å²) in [6, 6.07) is 6.86. The second-order valence-corrected chi connectivity index (χ2v) is 5.11. The lowest BCUT2D eigenvalue weighted by molar-refractivity contribution is -0.146. The van der Waals surface area contributed by atoms with Crippen molar-refractivity contribution >= 4 is 17.5 Å². The van der Waals surface area contributed by atoms with E-state index in [2.05, 4.69) is 5.32 Å². The second kappa shape index (κ2) is 6.92. The molecule has 1 aliphatic heterocycles. The highest BCUT2D eigenvalue weighted by atomic mass is 35.5. The molecule has 0 radical (unpaired) electrons. The number of benzene rings is 1. The van der Waals surface area contributed by atoms with Crippen molar-refractivity contribution < 1.29 is 19.0 Å². The molecular formula is C14H18ClNO4. The molecule has 1 N–H and O–H groups in total. The van der Waals surface area contributed by atoms with E-state index in [0.717, 1.165) is 0 Å². The van der Waals surface area contributed by atoms with Crippen molar-refractivity contribution in [3.05, 3.63) is 29.3 Å². The fourth-order valence-corrected chi connectivity index (χ4v) is 1.99. The van der Waals surface area contributed by atoms with Gasteiger partial charge in [0.25, 0.3) is 5.91 Å². The molecule has 0 unspecified atom stereocenters. The molecule has 0 saturated carbocycles.